The fourth-order valence-electron chi connectivity index (χ4n) is 2.44. The van der Waals surface area contributed by atoms with Gasteiger partial charge in [0.05, 0.1) is 5.52 Å². The van der Waals surface area contributed by atoms with Gasteiger partial charge in [0.25, 0.3) is 0 Å². The van der Waals surface area contributed by atoms with E-state index in [1.165, 1.54) is 5.56 Å². The minimum atomic E-state index is 0.257. The molecule has 0 amide bonds. The summed E-state index contributed by atoms with van der Waals surface area (Å²) in [5.41, 5.74) is 3.17. The van der Waals surface area contributed by atoms with Gasteiger partial charge in [0.1, 0.15) is 0 Å². The average molecular weight is 348 g/mol. The van der Waals surface area contributed by atoms with Crippen molar-refractivity contribution >= 4 is 39.3 Å². The summed E-state index contributed by atoms with van der Waals surface area (Å²) in [6, 6.07) is 12.7. The quantitative estimate of drug-likeness (QED) is 0.699. The number of benzene rings is 1. The first-order valence-electron chi connectivity index (χ1n) is 6.45. The Labute approximate surface area is 130 Å². The molecule has 0 aliphatic rings. The maximum Gasteiger partial charge on any atom is 0.179 e. The molecule has 0 spiro atoms. The van der Waals surface area contributed by atoms with Crippen molar-refractivity contribution in [3.63, 3.8) is 0 Å². The van der Waals surface area contributed by atoms with Crippen molar-refractivity contribution in [1.82, 2.24) is 14.5 Å². The molecule has 102 valence electrons. The van der Waals surface area contributed by atoms with Crippen LogP contribution in [0.1, 0.15) is 18.5 Å². The summed E-state index contributed by atoms with van der Waals surface area (Å²) in [5, 5.41) is 0. The second-order valence-electron chi connectivity index (χ2n) is 4.86. The largest absolute Gasteiger partial charge is 0.329 e. The minimum Gasteiger partial charge on any atom is -0.329 e. The van der Waals surface area contributed by atoms with E-state index < -0.39 is 0 Å². The fourth-order valence-corrected chi connectivity index (χ4v) is 3.15. The molecule has 0 fully saturated rings. The molecule has 1 atom stereocenters. The molecule has 0 aliphatic heterocycles. The molecule has 0 bridgehead atoms. The van der Waals surface area contributed by atoms with Crippen LogP contribution in [0, 0.1) is 4.77 Å². The number of H-pyrrole nitrogens is 1. The highest BCUT2D eigenvalue weighted by Crippen LogP contribution is 2.22. The summed E-state index contributed by atoms with van der Waals surface area (Å²) >= 11 is 8.87. The average Bonchev–Trinajstić information content (AvgIpc) is 2.74. The van der Waals surface area contributed by atoms with Crippen LogP contribution in [-0.2, 0) is 6.42 Å². The van der Waals surface area contributed by atoms with Crippen LogP contribution in [0.3, 0.4) is 0 Å². The van der Waals surface area contributed by atoms with Crippen molar-refractivity contribution in [2.45, 2.75) is 19.4 Å². The molecular weight excluding hydrogens is 334 g/mol. The van der Waals surface area contributed by atoms with Crippen LogP contribution in [0.4, 0.5) is 0 Å². The molecule has 0 saturated heterocycles. The molecule has 0 saturated carbocycles. The van der Waals surface area contributed by atoms with Gasteiger partial charge in [0.15, 0.2) is 10.4 Å². The zero-order chi connectivity index (χ0) is 14.1. The maximum absolute atomic E-state index is 5.44. The zero-order valence-corrected chi connectivity index (χ0v) is 13.4. The summed E-state index contributed by atoms with van der Waals surface area (Å²) in [5.74, 6) is 0. The van der Waals surface area contributed by atoms with Gasteiger partial charge >= 0.3 is 0 Å². The van der Waals surface area contributed by atoms with Gasteiger partial charge in [-0.3, -0.25) is 4.57 Å². The van der Waals surface area contributed by atoms with E-state index in [0.717, 1.165) is 22.1 Å². The molecule has 1 N–H and O–H groups in total. The first-order valence-corrected chi connectivity index (χ1v) is 7.65. The third-order valence-electron chi connectivity index (χ3n) is 3.34. The summed E-state index contributed by atoms with van der Waals surface area (Å²) in [7, 11) is 0. The minimum absolute atomic E-state index is 0.257. The molecule has 3 rings (SSSR count). The standard InChI is InChI=1S/C15H14BrN3S/c1-10(7-11-5-3-2-4-6-11)19-14-13(18-15(19)20)8-12(16)9-17-14/h2-6,8-10H,7H2,1H3,(H,18,20). The Kier molecular flexibility index (Phi) is 3.72. The molecule has 5 heteroatoms. The van der Waals surface area contributed by atoms with Crippen LogP contribution in [0.5, 0.6) is 0 Å². The first kappa shape index (κ1) is 13.5. The maximum atomic E-state index is 5.44. The number of pyridine rings is 1. The van der Waals surface area contributed by atoms with Crippen LogP contribution < -0.4 is 0 Å². The van der Waals surface area contributed by atoms with Gasteiger partial charge in [0.2, 0.25) is 0 Å². The SMILES string of the molecule is CC(Cc1ccccc1)n1c(=S)[nH]c2cc(Br)cnc21. The molecule has 0 aliphatic carbocycles. The van der Waals surface area contributed by atoms with E-state index in [9.17, 15) is 0 Å². The Morgan fingerprint density at radius 1 is 1.35 bits per heavy atom. The predicted octanol–water partition coefficient (Wildman–Crippen LogP) is 4.66. The van der Waals surface area contributed by atoms with Crippen LogP contribution in [0.15, 0.2) is 47.1 Å². The molecule has 1 unspecified atom stereocenters. The third kappa shape index (κ3) is 2.55. The van der Waals surface area contributed by atoms with E-state index >= 15 is 0 Å². The van der Waals surface area contributed by atoms with Crippen molar-refractivity contribution in [3.8, 4) is 0 Å². The monoisotopic (exact) mass is 347 g/mol. The topological polar surface area (TPSA) is 33.6 Å². The Morgan fingerprint density at radius 3 is 2.85 bits per heavy atom. The summed E-state index contributed by atoms with van der Waals surface area (Å²) in [4.78, 5) is 7.70. The second-order valence-corrected chi connectivity index (χ2v) is 6.17. The van der Waals surface area contributed by atoms with Gasteiger partial charge in [-0.05, 0) is 53.1 Å². The van der Waals surface area contributed by atoms with Gasteiger partial charge in [-0.1, -0.05) is 30.3 Å². The van der Waals surface area contributed by atoms with E-state index in [-0.39, 0.29) is 6.04 Å². The molecule has 0 radical (unpaired) electrons. The molecule has 2 heterocycles. The smallest absolute Gasteiger partial charge is 0.179 e. The number of hydrogen-bond acceptors (Lipinski definition) is 2. The molecule has 2 aromatic heterocycles. The van der Waals surface area contributed by atoms with E-state index in [1.54, 1.807) is 6.20 Å². The molecule has 3 aromatic rings. The molecular formula is C15H14BrN3S. The van der Waals surface area contributed by atoms with Crippen LogP contribution in [-0.4, -0.2) is 14.5 Å². The normalized spacial score (nSPS) is 12.7. The van der Waals surface area contributed by atoms with Crippen LogP contribution in [0.25, 0.3) is 11.2 Å². The van der Waals surface area contributed by atoms with Crippen LogP contribution in [0.2, 0.25) is 0 Å². The number of nitrogens with one attached hydrogen (secondary N) is 1. The van der Waals surface area contributed by atoms with Crippen molar-refractivity contribution in [3.05, 3.63) is 57.4 Å². The number of rotatable bonds is 3. The van der Waals surface area contributed by atoms with E-state index in [0.29, 0.717) is 4.77 Å². The number of hydrogen-bond donors (Lipinski definition) is 1. The Morgan fingerprint density at radius 2 is 2.10 bits per heavy atom. The third-order valence-corrected chi connectivity index (χ3v) is 4.07. The number of halogens is 1. The highest BCUT2D eigenvalue weighted by atomic mass is 79.9. The summed E-state index contributed by atoms with van der Waals surface area (Å²) < 4.78 is 3.75. The highest BCUT2D eigenvalue weighted by molar-refractivity contribution is 9.10. The zero-order valence-electron chi connectivity index (χ0n) is 11.0. The van der Waals surface area contributed by atoms with E-state index in [2.05, 4.69) is 61.7 Å². The van der Waals surface area contributed by atoms with E-state index in [4.69, 9.17) is 12.2 Å². The Hall–Kier alpha value is -1.46. The number of imidazole rings is 1. The summed E-state index contributed by atoms with van der Waals surface area (Å²) in [6.45, 7) is 2.17. The van der Waals surface area contributed by atoms with Gasteiger partial charge in [0, 0.05) is 16.7 Å². The molecule has 20 heavy (non-hydrogen) atoms. The molecule has 3 nitrogen and oxygen atoms in total. The van der Waals surface area contributed by atoms with Gasteiger partial charge in [-0.2, -0.15) is 0 Å². The van der Waals surface area contributed by atoms with Gasteiger partial charge in [-0.25, -0.2) is 4.98 Å². The van der Waals surface area contributed by atoms with E-state index in [1.807, 2.05) is 12.1 Å². The number of aromatic nitrogens is 3. The molecule has 1 aromatic carbocycles. The van der Waals surface area contributed by atoms with Crippen molar-refractivity contribution in [2.75, 3.05) is 0 Å². The highest BCUT2D eigenvalue weighted by Gasteiger charge is 2.13. The number of nitrogens with zero attached hydrogens (tertiary/aromatic N) is 2. The first-order chi connectivity index (χ1) is 9.65. The second kappa shape index (κ2) is 5.50. The van der Waals surface area contributed by atoms with Crippen LogP contribution >= 0.6 is 28.1 Å². The predicted molar refractivity (Wildman–Crippen MR) is 87.5 cm³/mol. The van der Waals surface area contributed by atoms with Gasteiger partial charge < -0.3 is 4.98 Å². The lowest BCUT2D eigenvalue weighted by atomic mass is 10.1. The van der Waals surface area contributed by atoms with Gasteiger partial charge in [-0.15, -0.1) is 0 Å². The van der Waals surface area contributed by atoms with Crippen molar-refractivity contribution in [1.29, 1.82) is 0 Å². The number of fused-ring (bicyclic) bond motifs is 1. The van der Waals surface area contributed by atoms with Crippen molar-refractivity contribution < 1.29 is 0 Å². The Bertz CT molecular complexity index is 792. The lowest BCUT2D eigenvalue weighted by Gasteiger charge is -2.14. The fraction of sp³-hybridized carbons (Fsp3) is 0.200. The lowest BCUT2D eigenvalue weighted by Crippen LogP contribution is -2.09. The Balaban J connectivity index is 2.01. The lowest BCUT2D eigenvalue weighted by molar-refractivity contribution is 0.549. The number of aromatic amines is 1. The summed E-state index contributed by atoms with van der Waals surface area (Å²) in [6.07, 6.45) is 2.73. The van der Waals surface area contributed by atoms with Crippen molar-refractivity contribution in [2.24, 2.45) is 0 Å².